The average molecular weight is 380 g/mol. The highest BCUT2D eigenvalue weighted by Gasteiger charge is 2.08. The molecule has 0 amide bonds. The van der Waals surface area contributed by atoms with Crippen molar-refractivity contribution in [1.29, 1.82) is 0 Å². The van der Waals surface area contributed by atoms with Crippen molar-refractivity contribution < 1.29 is 4.74 Å². The van der Waals surface area contributed by atoms with Gasteiger partial charge in [-0.05, 0) is 37.8 Å². The van der Waals surface area contributed by atoms with Crippen LogP contribution in [0.25, 0.3) is 0 Å². The predicted molar refractivity (Wildman–Crippen MR) is 108 cm³/mol. The van der Waals surface area contributed by atoms with Gasteiger partial charge in [0, 0.05) is 5.56 Å². The van der Waals surface area contributed by atoms with Gasteiger partial charge >= 0.3 is 0 Å². The van der Waals surface area contributed by atoms with Gasteiger partial charge in [-0.2, -0.15) is 9.78 Å². The summed E-state index contributed by atoms with van der Waals surface area (Å²) in [7, 11) is 0. The number of hydrogen-bond donors (Lipinski definition) is 0. The summed E-state index contributed by atoms with van der Waals surface area (Å²) in [6, 6.07) is 15.8. The van der Waals surface area contributed by atoms with Crippen LogP contribution in [0.5, 0.6) is 5.75 Å². The van der Waals surface area contributed by atoms with Gasteiger partial charge in [0.2, 0.25) is 5.16 Å². The lowest BCUT2D eigenvalue weighted by atomic mass is 10.1. The zero-order valence-corrected chi connectivity index (χ0v) is 16.2. The van der Waals surface area contributed by atoms with Crippen LogP contribution in [0.1, 0.15) is 22.4 Å². The van der Waals surface area contributed by atoms with Gasteiger partial charge in [0.05, 0.1) is 6.21 Å². The Labute approximate surface area is 161 Å². The SMILES string of the molecule is CSc1nnc(C)c(=O)n1/N=C\c1ccccc1OCc1ccc(C)cc1. The van der Waals surface area contributed by atoms with E-state index < -0.39 is 0 Å². The fraction of sp³-hybridized carbons (Fsp3) is 0.200. The Kier molecular flexibility index (Phi) is 6.03. The van der Waals surface area contributed by atoms with Crippen molar-refractivity contribution >= 4 is 18.0 Å². The van der Waals surface area contributed by atoms with Crippen molar-refractivity contribution in [2.75, 3.05) is 6.26 Å². The van der Waals surface area contributed by atoms with E-state index >= 15 is 0 Å². The van der Waals surface area contributed by atoms with Gasteiger partial charge < -0.3 is 4.74 Å². The Morgan fingerprint density at radius 3 is 2.59 bits per heavy atom. The molecule has 2 aromatic carbocycles. The van der Waals surface area contributed by atoms with Crippen LogP contribution in [0.3, 0.4) is 0 Å². The number of para-hydroxylation sites is 1. The molecule has 0 saturated heterocycles. The lowest BCUT2D eigenvalue weighted by Crippen LogP contribution is -2.23. The molecule has 0 aliphatic heterocycles. The minimum atomic E-state index is -0.288. The predicted octanol–water partition coefficient (Wildman–Crippen LogP) is 3.44. The molecule has 0 aliphatic carbocycles. The molecule has 0 saturated carbocycles. The van der Waals surface area contributed by atoms with Crippen LogP contribution >= 0.6 is 11.8 Å². The molecule has 6 nitrogen and oxygen atoms in total. The topological polar surface area (TPSA) is 69.4 Å². The molecule has 7 heteroatoms. The summed E-state index contributed by atoms with van der Waals surface area (Å²) in [6.07, 6.45) is 3.43. The first-order chi connectivity index (χ1) is 13.1. The number of aryl methyl sites for hydroxylation is 2. The third-order valence-electron chi connectivity index (χ3n) is 3.90. The second-order valence-corrected chi connectivity index (χ2v) is 6.72. The zero-order chi connectivity index (χ0) is 19.2. The van der Waals surface area contributed by atoms with Crippen LogP contribution in [0, 0.1) is 13.8 Å². The Hall–Kier alpha value is -2.93. The zero-order valence-electron chi connectivity index (χ0n) is 15.4. The quantitative estimate of drug-likeness (QED) is 0.484. The first-order valence-corrected chi connectivity index (χ1v) is 9.63. The summed E-state index contributed by atoms with van der Waals surface area (Å²) in [5.41, 5.74) is 3.08. The second-order valence-electron chi connectivity index (χ2n) is 5.95. The maximum absolute atomic E-state index is 12.3. The van der Waals surface area contributed by atoms with Crippen molar-refractivity contribution in [2.24, 2.45) is 5.10 Å². The highest BCUT2D eigenvalue weighted by molar-refractivity contribution is 7.98. The third-order valence-corrected chi connectivity index (χ3v) is 4.52. The Morgan fingerprint density at radius 2 is 1.85 bits per heavy atom. The summed E-state index contributed by atoms with van der Waals surface area (Å²) in [6.45, 7) is 4.12. The Bertz CT molecular complexity index is 1010. The smallest absolute Gasteiger partial charge is 0.296 e. The molecule has 0 N–H and O–H groups in total. The van der Waals surface area contributed by atoms with Gasteiger partial charge in [0.1, 0.15) is 18.1 Å². The van der Waals surface area contributed by atoms with E-state index in [0.29, 0.717) is 23.2 Å². The van der Waals surface area contributed by atoms with E-state index in [1.165, 1.54) is 22.0 Å². The molecule has 3 aromatic rings. The van der Waals surface area contributed by atoms with E-state index in [1.54, 1.807) is 13.1 Å². The van der Waals surface area contributed by atoms with Crippen molar-refractivity contribution in [3.63, 3.8) is 0 Å². The van der Waals surface area contributed by atoms with Crippen LogP contribution < -0.4 is 10.3 Å². The summed E-state index contributed by atoms with van der Waals surface area (Å²) in [4.78, 5) is 12.3. The van der Waals surface area contributed by atoms with E-state index in [-0.39, 0.29) is 5.56 Å². The Balaban J connectivity index is 1.84. The van der Waals surface area contributed by atoms with Gasteiger partial charge in [-0.15, -0.1) is 10.2 Å². The number of aromatic nitrogens is 3. The van der Waals surface area contributed by atoms with Gasteiger partial charge in [0.15, 0.2) is 0 Å². The molecule has 0 unspecified atom stereocenters. The van der Waals surface area contributed by atoms with Crippen molar-refractivity contribution in [3.8, 4) is 5.75 Å². The van der Waals surface area contributed by atoms with Crippen LogP contribution in [-0.2, 0) is 6.61 Å². The molecule has 0 spiro atoms. The number of ether oxygens (including phenoxy) is 1. The van der Waals surface area contributed by atoms with E-state index in [0.717, 1.165) is 11.1 Å². The summed E-state index contributed by atoms with van der Waals surface area (Å²) in [5, 5.41) is 12.6. The fourth-order valence-corrected chi connectivity index (χ4v) is 2.78. The minimum Gasteiger partial charge on any atom is -0.488 e. The molecular formula is C20H20N4O2S. The molecule has 0 bridgehead atoms. The lowest BCUT2D eigenvalue weighted by molar-refractivity contribution is 0.306. The summed E-state index contributed by atoms with van der Waals surface area (Å²) >= 11 is 1.31. The first-order valence-electron chi connectivity index (χ1n) is 8.40. The molecule has 0 fully saturated rings. The number of hydrogen-bond acceptors (Lipinski definition) is 6. The second kappa shape index (κ2) is 8.64. The van der Waals surface area contributed by atoms with Crippen LogP contribution in [0.4, 0.5) is 0 Å². The summed E-state index contributed by atoms with van der Waals surface area (Å²) in [5.74, 6) is 0.694. The van der Waals surface area contributed by atoms with Crippen LogP contribution in [-0.4, -0.2) is 27.3 Å². The molecule has 27 heavy (non-hydrogen) atoms. The van der Waals surface area contributed by atoms with Crippen LogP contribution in [0.15, 0.2) is 63.6 Å². The number of rotatable bonds is 6. The van der Waals surface area contributed by atoms with Crippen molar-refractivity contribution in [2.45, 2.75) is 25.6 Å². The van der Waals surface area contributed by atoms with Gasteiger partial charge in [0.25, 0.3) is 5.56 Å². The largest absolute Gasteiger partial charge is 0.488 e. The summed E-state index contributed by atoms with van der Waals surface area (Å²) < 4.78 is 7.20. The average Bonchev–Trinajstić information content (AvgIpc) is 2.69. The standard InChI is InChI=1S/C20H20N4O2S/c1-14-8-10-16(11-9-14)13-26-18-7-5-4-6-17(18)12-21-24-19(25)15(2)22-23-20(24)27-3/h4-12H,13H2,1-3H3/b21-12-. The number of nitrogens with zero attached hydrogens (tertiary/aromatic N) is 4. The lowest BCUT2D eigenvalue weighted by Gasteiger charge is -2.09. The Morgan fingerprint density at radius 1 is 1.11 bits per heavy atom. The maximum atomic E-state index is 12.3. The van der Waals surface area contributed by atoms with Gasteiger partial charge in [-0.25, -0.2) is 0 Å². The first kappa shape index (κ1) is 18.8. The van der Waals surface area contributed by atoms with E-state index in [1.807, 2.05) is 42.7 Å². The maximum Gasteiger partial charge on any atom is 0.296 e. The molecular weight excluding hydrogens is 360 g/mol. The van der Waals surface area contributed by atoms with E-state index in [4.69, 9.17) is 4.74 Å². The molecule has 0 aliphatic rings. The molecule has 1 aromatic heterocycles. The van der Waals surface area contributed by atoms with Gasteiger partial charge in [-0.1, -0.05) is 53.7 Å². The minimum absolute atomic E-state index is 0.288. The normalized spacial score (nSPS) is 11.1. The van der Waals surface area contributed by atoms with E-state index in [9.17, 15) is 4.79 Å². The van der Waals surface area contributed by atoms with Crippen LogP contribution in [0.2, 0.25) is 0 Å². The number of benzene rings is 2. The molecule has 0 atom stereocenters. The van der Waals surface area contributed by atoms with Crippen molar-refractivity contribution in [3.05, 3.63) is 81.3 Å². The molecule has 1 heterocycles. The molecule has 0 radical (unpaired) electrons. The van der Waals surface area contributed by atoms with E-state index in [2.05, 4.69) is 34.4 Å². The molecule has 3 rings (SSSR count). The third kappa shape index (κ3) is 4.62. The fourth-order valence-electron chi connectivity index (χ4n) is 2.36. The number of thioether (sulfide) groups is 1. The molecule has 138 valence electrons. The monoisotopic (exact) mass is 380 g/mol. The van der Waals surface area contributed by atoms with Crippen molar-refractivity contribution in [1.82, 2.24) is 14.9 Å². The van der Waals surface area contributed by atoms with Gasteiger partial charge in [-0.3, -0.25) is 4.79 Å². The highest BCUT2D eigenvalue weighted by atomic mass is 32.2. The highest BCUT2D eigenvalue weighted by Crippen LogP contribution is 2.18.